The number of aryl methyl sites for hydroxylation is 1. The number of hydrogen-bond donors (Lipinski definition) is 2. The summed E-state index contributed by atoms with van der Waals surface area (Å²) in [5.74, 6) is 0.931. The molecular formula is C20H36IN5O3S. The van der Waals surface area contributed by atoms with Crippen LogP contribution < -0.4 is 10.6 Å². The van der Waals surface area contributed by atoms with Crippen molar-refractivity contribution in [1.29, 1.82) is 0 Å². The van der Waals surface area contributed by atoms with Crippen molar-refractivity contribution < 1.29 is 14.3 Å². The number of thiazole rings is 1. The van der Waals surface area contributed by atoms with E-state index in [1.54, 1.807) is 14.0 Å². The molecule has 10 heteroatoms. The van der Waals surface area contributed by atoms with Gasteiger partial charge in [-0.25, -0.2) is 9.78 Å². The molecule has 1 aromatic rings. The molecule has 0 radical (unpaired) electrons. The number of carbonyl (C=O) groups excluding carboxylic acids is 1. The molecule has 2 heterocycles. The topological polar surface area (TPSA) is 88.1 Å². The van der Waals surface area contributed by atoms with Gasteiger partial charge >= 0.3 is 5.97 Å². The highest BCUT2D eigenvalue weighted by atomic mass is 127. The molecule has 2 N–H and O–H groups in total. The number of rotatable bonds is 8. The van der Waals surface area contributed by atoms with E-state index in [-0.39, 0.29) is 36.0 Å². The fraction of sp³-hybridized carbons (Fsp3) is 0.750. The average molecular weight is 554 g/mol. The Bertz CT molecular complexity index is 692. The van der Waals surface area contributed by atoms with E-state index in [0.29, 0.717) is 29.1 Å². The zero-order valence-electron chi connectivity index (χ0n) is 18.9. The first-order valence-corrected chi connectivity index (χ1v) is 11.1. The summed E-state index contributed by atoms with van der Waals surface area (Å²) < 4.78 is 10.6. The third kappa shape index (κ3) is 7.61. The zero-order chi connectivity index (χ0) is 21.4. The van der Waals surface area contributed by atoms with Gasteiger partial charge in [0.2, 0.25) is 0 Å². The number of halogens is 1. The monoisotopic (exact) mass is 553 g/mol. The second-order valence-electron chi connectivity index (χ2n) is 7.47. The summed E-state index contributed by atoms with van der Waals surface area (Å²) in [6.45, 7) is 14.8. The van der Waals surface area contributed by atoms with Crippen molar-refractivity contribution in [1.82, 2.24) is 20.5 Å². The third-order valence-corrected chi connectivity index (χ3v) is 6.30. The van der Waals surface area contributed by atoms with Crippen molar-refractivity contribution in [3.8, 4) is 0 Å². The van der Waals surface area contributed by atoms with Crippen LogP contribution in [0.4, 0.5) is 0 Å². The number of guanidine groups is 1. The molecule has 2 atom stereocenters. The molecule has 2 unspecified atom stereocenters. The lowest BCUT2D eigenvalue weighted by atomic mass is 10.0. The third-order valence-electron chi connectivity index (χ3n) is 4.98. The predicted molar refractivity (Wildman–Crippen MR) is 132 cm³/mol. The molecule has 172 valence electrons. The van der Waals surface area contributed by atoms with Gasteiger partial charge in [-0.15, -0.1) is 35.3 Å². The Kier molecular flexibility index (Phi) is 12.1. The Balaban J connectivity index is 0.00000450. The van der Waals surface area contributed by atoms with E-state index >= 15 is 0 Å². The Morgan fingerprint density at radius 2 is 2.00 bits per heavy atom. The van der Waals surface area contributed by atoms with E-state index in [1.807, 2.05) is 13.8 Å². The highest BCUT2D eigenvalue weighted by Crippen LogP contribution is 2.24. The van der Waals surface area contributed by atoms with Crippen molar-refractivity contribution in [3.63, 3.8) is 0 Å². The summed E-state index contributed by atoms with van der Waals surface area (Å²) in [5, 5.41) is 7.67. The van der Waals surface area contributed by atoms with Crippen molar-refractivity contribution in [3.05, 3.63) is 15.6 Å². The molecule has 1 aromatic heterocycles. The van der Waals surface area contributed by atoms with Gasteiger partial charge in [-0.3, -0.25) is 9.89 Å². The van der Waals surface area contributed by atoms with Crippen LogP contribution >= 0.6 is 35.3 Å². The number of hydrogen-bond acceptors (Lipinski definition) is 7. The summed E-state index contributed by atoms with van der Waals surface area (Å²) >= 11 is 1.37. The summed E-state index contributed by atoms with van der Waals surface area (Å²) in [4.78, 5) is 24.0. The number of nitrogens with zero attached hydrogens (tertiary/aromatic N) is 3. The van der Waals surface area contributed by atoms with Gasteiger partial charge in [-0.1, -0.05) is 13.8 Å². The normalized spacial score (nSPS) is 17.2. The average Bonchev–Trinajstić information content (AvgIpc) is 3.10. The van der Waals surface area contributed by atoms with Crippen molar-refractivity contribution in [2.45, 2.75) is 46.7 Å². The summed E-state index contributed by atoms with van der Waals surface area (Å²) in [7, 11) is 1.76. The van der Waals surface area contributed by atoms with Gasteiger partial charge in [-0.05, 0) is 26.7 Å². The van der Waals surface area contributed by atoms with E-state index in [1.165, 1.54) is 11.3 Å². The lowest BCUT2D eigenvalue weighted by Gasteiger charge is -2.37. The molecule has 0 saturated carbocycles. The van der Waals surface area contributed by atoms with Crippen molar-refractivity contribution in [2.75, 3.05) is 46.5 Å². The number of aliphatic imine (C=N–C) groups is 1. The van der Waals surface area contributed by atoms with Gasteiger partial charge in [-0.2, -0.15) is 0 Å². The Hall–Kier alpha value is -0.980. The second-order valence-corrected chi connectivity index (χ2v) is 8.50. The van der Waals surface area contributed by atoms with Crippen LogP contribution in [0.25, 0.3) is 0 Å². The number of aromatic nitrogens is 1. The fourth-order valence-corrected chi connectivity index (χ4v) is 4.31. The highest BCUT2D eigenvalue weighted by Gasteiger charge is 2.24. The molecule has 30 heavy (non-hydrogen) atoms. The largest absolute Gasteiger partial charge is 0.462 e. The Morgan fingerprint density at radius 3 is 2.57 bits per heavy atom. The van der Waals surface area contributed by atoms with Crippen LogP contribution in [0, 0.1) is 12.8 Å². The van der Waals surface area contributed by atoms with Crippen LogP contribution in [-0.4, -0.2) is 74.4 Å². The van der Waals surface area contributed by atoms with Gasteiger partial charge in [0, 0.05) is 32.7 Å². The van der Waals surface area contributed by atoms with E-state index < -0.39 is 0 Å². The molecule has 2 rings (SSSR count). The maximum Gasteiger partial charge on any atom is 0.350 e. The van der Waals surface area contributed by atoms with Crippen LogP contribution in [0.5, 0.6) is 0 Å². The molecule has 1 aliphatic heterocycles. The van der Waals surface area contributed by atoms with Gasteiger partial charge in [0.05, 0.1) is 31.6 Å². The SMILES string of the molecule is CCOC(=O)c1sc(C(C)NC(=NC)NCC(C(C)C)N2CCOCC2)nc1C.I. The first-order valence-electron chi connectivity index (χ1n) is 10.3. The van der Waals surface area contributed by atoms with Crippen molar-refractivity contribution in [2.24, 2.45) is 10.9 Å². The zero-order valence-corrected chi connectivity index (χ0v) is 22.0. The molecular weight excluding hydrogens is 517 g/mol. The van der Waals surface area contributed by atoms with Crippen LogP contribution in [0.1, 0.15) is 54.1 Å². The molecule has 0 aromatic carbocycles. The van der Waals surface area contributed by atoms with Gasteiger partial charge in [0.15, 0.2) is 5.96 Å². The fourth-order valence-electron chi connectivity index (χ4n) is 3.35. The van der Waals surface area contributed by atoms with E-state index in [9.17, 15) is 4.79 Å². The first kappa shape index (κ1) is 27.1. The van der Waals surface area contributed by atoms with Crippen molar-refractivity contribution >= 4 is 47.2 Å². The standard InChI is InChI=1S/C20H35N5O3S.HI/c1-7-28-19(26)17-14(4)23-18(29-17)15(5)24-20(21-6)22-12-16(13(2)3)25-8-10-27-11-9-25;/h13,15-16H,7-12H2,1-6H3,(H2,21,22,24);1H. The molecule has 1 aliphatic rings. The summed E-state index contributed by atoms with van der Waals surface area (Å²) in [6.07, 6.45) is 0. The van der Waals surface area contributed by atoms with Crippen LogP contribution in [0.15, 0.2) is 4.99 Å². The van der Waals surface area contributed by atoms with E-state index in [4.69, 9.17) is 9.47 Å². The van der Waals surface area contributed by atoms with Crippen LogP contribution in [0.2, 0.25) is 0 Å². The molecule has 1 fully saturated rings. The number of ether oxygens (including phenoxy) is 2. The maximum atomic E-state index is 12.0. The smallest absolute Gasteiger partial charge is 0.350 e. The van der Waals surface area contributed by atoms with Gasteiger partial charge < -0.3 is 20.1 Å². The Labute approximate surface area is 201 Å². The van der Waals surface area contributed by atoms with Gasteiger partial charge in [0.25, 0.3) is 0 Å². The molecule has 8 nitrogen and oxygen atoms in total. The summed E-state index contributed by atoms with van der Waals surface area (Å²) in [6, 6.07) is 0.333. The Morgan fingerprint density at radius 1 is 1.33 bits per heavy atom. The molecule has 0 spiro atoms. The minimum atomic E-state index is -0.311. The minimum absolute atomic E-state index is 0. The van der Waals surface area contributed by atoms with Crippen LogP contribution in [-0.2, 0) is 9.47 Å². The highest BCUT2D eigenvalue weighted by molar-refractivity contribution is 14.0. The summed E-state index contributed by atoms with van der Waals surface area (Å²) in [5.41, 5.74) is 0.701. The predicted octanol–water partition coefficient (Wildman–Crippen LogP) is 2.83. The lowest BCUT2D eigenvalue weighted by Crippen LogP contribution is -2.52. The molecule has 1 saturated heterocycles. The number of nitrogens with one attached hydrogen (secondary N) is 2. The number of esters is 1. The van der Waals surface area contributed by atoms with E-state index in [2.05, 4.69) is 39.4 Å². The molecule has 0 aliphatic carbocycles. The molecule has 0 amide bonds. The number of morpholine rings is 1. The lowest BCUT2D eigenvalue weighted by molar-refractivity contribution is 0.00751. The van der Waals surface area contributed by atoms with Crippen LogP contribution in [0.3, 0.4) is 0 Å². The quantitative estimate of drug-likeness (QED) is 0.222. The molecule has 0 bridgehead atoms. The first-order chi connectivity index (χ1) is 13.9. The second kappa shape index (κ2) is 13.4. The maximum absolute atomic E-state index is 12.0. The minimum Gasteiger partial charge on any atom is -0.462 e. The van der Waals surface area contributed by atoms with Gasteiger partial charge in [0.1, 0.15) is 9.88 Å². The van der Waals surface area contributed by atoms with E-state index in [0.717, 1.165) is 43.8 Å². The number of carbonyl (C=O) groups is 1.